The summed E-state index contributed by atoms with van der Waals surface area (Å²) in [5, 5.41) is 0.806. The molecule has 0 heterocycles. The Morgan fingerprint density at radius 2 is 1.75 bits per heavy atom. The largest absolute Gasteiger partial charge is 0.159 e. The molecular weight excluding hydrogens is 188 g/mol. The summed E-state index contributed by atoms with van der Waals surface area (Å²) in [6.45, 7) is 6.89. The van der Waals surface area contributed by atoms with Gasteiger partial charge in [-0.15, -0.1) is 11.6 Å². The maximum absolute atomic E-state index is 5.59. The Morgan fingerprint density at radius 3 is 2.25 bits per heavy atom. The Bertz CT molecular complexity index is 93.8. The van der Waals surface area contributed by atoms with E-state index in [1.807, 2.05) is 0 Å². The molecule has 0 fully saturated rings. The molecule has 0 aromatic carbocycles. The van der Waals surface area contributed by atoms with E-state index in [-0.39, 0.29) is 0 Å². The number of rotatable bonds is 7. The van der Waals surface area contributed by atoms with Crippen LogP contribution < -0.4 is 0 Å². The Labute approximate surface area is 86.5 Å². The van der Waals surface area contributed by atoms with E-state index in [0.29, 0.717) is 0 Å². The van der Waals surface area contributed by atoms with Gasteiger partial charge in [0.05, 0.1) is 0 Å². The Hall–Kier alpha value is 0.640. The maximum atomic E-state index is 5.59. The lowest BCUT2D eigenvalue weighted by Gasteiger charge is -2.14. The molecule has 0 aliphatic carbocycles. The number of hydrogen-bond donors (Lipinski definition) is 0. The third-order valence-corrected chi connectivity index (χ3v) is 3.96. The molecule has 0 rings (SSSR count). The molecule has 0 aliphatic heterocycles. The van der Waals surface area contributed by atoms with Crippen LogP contribution in [0.15, 0.2) is 0 Å². The fourth-order valence-corrected chi connectivity index (χ4v) is 2.15. The van der Waals surface area contributed by atoms with Crippen molar-refractivity contribution in [2.45, 2.75) is 45.3 Å². The van der Waals surface area contributed by atoms with Gasteiger partial charge >= 0.3 is 0 Å². The van der Waals surface area contributed by atoms with Crippen molar-refractivity contribution >= 4 is 23.4 Å². The lowest BCUT2D eigenvalue weighted by Crippen LogP contribution is -2.06. The van der Waals surface area contributed by atoms with Gasteiger partial charge in [0.1, 0.15) is 0 Å². The van der Waals surface area contributed by atoms with Gasteiger partial charge in [0, 0.05) is 11.1 Å². The van der Waals surface area contributed by atoms with Gasteiger partial charge in [-0.1, -0.05) is 27.2 Å². The van der Waals surface area contributed by atoms with Gasteiger partial charge in [-0.2, -0.15) is 11.8 Å². The normalized spacial score (nSPS) is 13.8. The Balaban J connectivity index is 3.08. The lowest BCUT2D eigenvalue weighted by atomic mass is 10.2. The molecule has 1 atom stereocenters. The molecule has 0 spiro atoms. The summed E-state index contributed by atoms with van der Waals surface area (Å²) in [7, 11) is 0. The van der Waals surface area contributed by atoms with Crippen LogP contribution in [0.25, 0.3) is 0 Å². The van der Waals surface area contributed by atoms with E-state index in [4.69, 9.17) is 11.6 Å². The van der Waals surface area contributed by atoms with Crippen LogP contribution in [0.4, 0.5) is 0 Å². The van der Waals surface area contributed by atoms with Crippen LogP contribution in [-0.2, 0) is 0 Å². The topological polar surface area (TPSA) is 0 Å². The summed E-state index contributed by atoms with van der Waals surface area (Å²) >= 11 is 7.68. The van der Waals surface area contributed by atoms with Crippen molar-refractivity contribution in [1.82, 2.24) is 0 Å². The molecule has 74 valence electrons. The minimum absolute atomic E-state index is 0.806. The van der Waals surface area contributed by atoms with E-state index in [2.05, 4.69) is 32.5 Å². The zero-order valence-corrected chi connectivity index (χ0v) is 10.0. The Morgan fingerprint density at radius 1 is 1.08 bits per heavy atom. The minimum Gasteiger partial charge on any atom is -0.159 e. The van der Waals surface area contributed by atoms with E-state index in [1.165, 1.54) is 25.0 Å². The molecule has 0 aromatic heterocycles. The van der Waals surface area contributed by atoms with Crippen molar-refractivity contribution in [2.24, 2.45) is 5.92 Å². The van der Waals surface area contributed by atoms with Crippen molar-refractivity contribution in [2.75, 3.05) is 11.6 Å². The molecule has 2 heteroatoms. The summed E-state index contributed by atoms with van der Waals surface area (Å²) < 4.78 is 0. The second-order valence-electron chi connectivity index (χ2n) is 3.57. The average molecular weight is 209 g/mol. The number of halogens is 1. The molecule has 0 saturated carbocycles. The third kappa shape index (κ3) is 7.30. The van der Waals surface area contributed by atoms with Crippen molar-refractivity contribution in [3.8, 4) is 0 Å². The smallest absolute Gasteiger partial charge is 0.0223 e. The summed E-state index contributed by atoms with van der Waals surface area (Å²) in [6, 6.07) is 0. The molecule has 1 unspecified atom stereocenters. The van der Waals surface area contributed by atoms with Crippen molar-refractivity contribution < 1.29 is 0 Å². The van der Waals surface area contributed by atoms with E-state index >= 15 is 0 Å². The average Bonchev–Trinajstić information content (AvgIpc) is 2.03. The van der Waals surface area contributed by atoms with Crippen molar-refractivity contribution in [1.29, 1.82) is 0 Å². The first-order chi connectivity index (χ1) is 5.68. The number of unbranched alkanes of at least 4 members (excludes halogenated alkanes) is 2. The lowest BCUT2D eigenvalue weighted by molar-refractivity contribution is 0.641. The van der Waals surface area contributed by atoms with Gasteiger partial charge in [-0.05, 0) is 24.5 Å². The van der Waals surface area contributed by atoms with Crippen LogP contribution in [0.3, 0.4) is 0 Å². The Kier molecular flexibility index (Phi) is 8.69. The fourth-order valence-electron chi connectivity index (χ4n) is 0.835. The second-order valence-corrected chi connectivity index (χ2v) is 5.43. The first-order valence-corrected chi connectivity index (χ1v) is 6.44. The van der Waals surface area contributed by atoms with Crippen LogP contribution >= 0.6 is 23.4 Å². The quantitative estimate of drug-likeness (QED) is 0.447. The second kappa shape index (κ2) is 8.25. The molecule has 0 amide bonds. The molecular formula is C10H21ClS. The molecule has 0 radical (unpaired) electrons. The van der Waals surface area contributed by atoms with E-state index in [0.717, 1.165) is 17.0 Å². The van der Waals surface area contributed by atoms with Crippen LogP contribution in [0.2, 0.25) is 0 Å². The highest BCUT2D eigenvalue weighted by atomic mass is 35.5. The highest BCUT2D eigenvalue weighted by molar-refractivity contribution is 7.99. The van der Waals surface area contributed by atoms with Crippen LogP contribution in [0, 0.1) is 5.92 Å². The van der Waals surface area contributed by atoms with Gasteiger partial charge in [0.2, 0.25) is 0 Å². The molecule has 0 N–H and O–H groups in total. The van der Waals surface area contributed by atoms with Gasteiger partial charge in [0.15, 0.2) is 0 Å². The zero-order valence-electron chi connectivity index (χ0n) is 8.48. The zero-order chi connectivity index (χ0) is 9.40. The van der Waals surface area contributed by atoms with Crippen molar-refractivity contribution in [3.05, 3.63) is 0 Å². The summed E-state index contributed by atoms with van der Waals surface area (Å²) in [6.07, 6.45) is 3.80. The maximum Gasteiger partial charge on any atom is 0.0223 e. The minimum atomic E-state index is 0.806. The highest BCUT2D eigenvalue weighted by Crippen LogP contribution is 2.19. The number of hydrogen-bond acceptors (Lipinski definition) is 1. The van der Waals surface area contributed by atoms with Crippen LogP contribution in [-0.4, -0.2) is 16.9 Å². The van der Waals surface area contributed by atoms with Gasteiger partial charge in [0.25, 0.3) is 0 Å². The summed E-state index contributed by atoms with van der Waals surface area (Å²) in [4.78, 5) is 0. The third-order valence-electron chi connectivity index (χ3n) is 2.10. The fraction of sp³-hybridized carbons (Fsp3) is 1.00. The van der Waals surface area contributed by atoms with E-state index in [1.54, 1.807) is 0 Å². The van der Waals surface area contributed by atoms with Crippen LogP contribution in [0.5, 0.6) is 0 Å². The molecule has 0 aliphatic rings. The van der Waals surface area contributed by atoms with Crippen molar-refractivity contribution in [3.63, 3.8) is 0 Å². The predicted octanol–water partition coefficient (Wildman–Crippen LogP) is 4.17. The molecule has 0 saturated heterocycles. The predicted molar refractivity (Wildman–Crippen MR) is 61.3 cm³/mol. The monoisotopic (exact) mass is 208 g/mol. The number of thioether (sulfide) groups is 1. The molecule has 0 aromatic rings. The first-order valence-electron chi connectivity index (χ1n) is 4.86. The van der Waals surface area contributed by atoms with Gasteiger partial charge < -0.3 is 0 Å². The summed E-state index contributed by atoms with van der Waals surface area (Å²) in [5.41, 5.74) is 0. The van der Waals surface area contributed by atoms with Crippen LogP contribution in [0.1, 0.15) is 40.0 Å². The first kappa shape index (κ1) is 12.6. The standard InChI is InChI=1S/C10H21ClS/c1-9(2)10(3)12-8-6-4-5-7-11/h9-10H,4-8H2,1-3H3. The van der Waals surface area contributed by atoms with Gasteiger partial charge in [-0.3, -0.25) is 0 Å². The SMILES string of the molecule is CC(C)C(C)SCCCCCCl. The molecule has 0 bridgehead atoms. The molecule has 12 heavy (non-hydrogen) atoms. The highest BCUT2D eigenvalue weighted by Gasteiger charge is 2.05. The van der Waals surface area contributed by atoms with Gasteiger partial charge in [-0.25, -0.2) is 0 Å². The summed E-state index contributed by atoms with van der Waals surface area (Å²) in [5.74, 6) is 2.93. The van der Waals surface area contributed by atoms with E-state index < -0.39 is 0 Å². The number of alkyl halides is 1. The van der Waals surface area contributed by atoms with E-state index in [9.17, 15) is 0 Å². The molecule has 0 nitrogen and oxygen atoms in total.